The average molecular weight is 322 g/mol. The third-order valence-electron chi connectivity index (χ3n) is 4.56. The lowest BCUT2D eigenvalue weighted by Gasteiger charge is -2.26. The van der Waals surface area contributed by atoms with Crippen LogP contribution in [0.3, 0.4) is 0 Å². The monoisotopic (exact) mass is 322 g/mol. The van der Waals surface area contributed by atoms with Crippen LogP contribution in [0.5, 0.6) is 0 Å². The number of ether oxygens (including phenoxy) is 1. The maximum atomic E-state index is 12.3. The zero-order chi connectivity index (χ0) is 16.4. The van der Waals surface area contributed by atoms with E-state index in [0.717, 1.165) is 32.3 Å². The van der Waals surface area contributed by atoms with Gasteiger partial charge in [-0.1, -0.05) is 5.16 Å². The van der Waals surface area contributed by atoms with E-state index in [-0.39, 0.29) is 29.9 Å². The molecular weight excluding hydrogens is 300 g/mol. The molecule has 1 aromatic rings. The van der Waals surface area contributed by atoms with Gasteiger partial charge in [0.1, 0.15) is 0 Å². The summed E-state index contributed by atoms with van der Waals surface area (Å²) in [6.07, 6.45) is 4.17. The number of likely N-dealkylation sites (tertiary alicyclic amines) is 1. The van der Waals surface area contributed by atoms with Crippen LogP contribution in [0, 0.1) is 0 Å². The van der Waals surface area contributed by atoms with E-state index < -0.39 is 0 Å². The first kappa shape index (κ1) is 15.9. The molecule has 2 aliphatic heterocycles. The summed E-state index contributed by atoms with van der Waals surface area (Å²) in [4.78, 5) is 31.3. The molecule has 0 aromatic carbocycles. The molecule has 0 saturated carbocycles. The molecule has 1 spiro atoms. The molecule has 1 unspecified atom stereocenters. The van der Waals surface area contributed by atoms with Gasteiger partial charge < -0.3 is 19.1 Å². The molecule has 126 valence electrons. The van der Waals surface area contributed by atoms with E-state index in [0.29, 0.717) is 18.8 Å². The number of aromatic nitrogens is 2. The fraction of sp³-hybridized carbons (Fsp3) is 0.733. The first-order valence-electron chi connectivity index (χ1n) is 7.95. The molecule has 0 N–H and O–H groups in total. The summed E-state index contributed by atoms with van der Waals surface area (Å²) in [6.45, 7) is 1.67. The quantitative estimate of drug-likeness (QED) is 0.819. The lowest BCUT2D eigenvalue weighted by Crippen LogP contribution is -2.32. The third-order valence-corrected chi connectivity index (χ3v) is 4.56. The van der Waals surface area contributed by atoms with Crippen molar-refractivity contribution < 1.29 is 18.8 Å². The lowest BCUT2D eigenvalue weighted by molar-refractivity contribution is -0.131. The van der Waals surface area contributed by atoms with Crippen molar-refractivity contribution in [3.63, 3.8) is 0 Å². The van der Waals surface area contributed by atoms with Gasteiger partial charge in [-0.05, 0) is 25.7 Å². The summed E-state index contributed by atoms with van der Waals surface area (Å²) in [5, 5.41) is 3.81. The van der Waals surface area contributed by atoms with Crippen molar-refractivity contribution in [3.05, 3.63) is 11.7 Å². The average Bonchev–Trinajstić information content (AvgIpc) is 3.15. The highest BCUT2D eigenvalue weighted by molar-refractivity contribution is 5.89. The number of amides is 2. The molecule has 0 radical (unpaired) electrons. The number of rotatable bonds is 3. The fourth-order valence-corrected chi connectivity index (χ4v) is 3.17. The van der Waals surface area contributed by atoms with Gasteiger partial charge in [0.05, 0.1) is 12.1 Å². The van der Waals surface area contributed by atoms with Crippen LogP contribution in [0.25, 0.3) is 0 Å². The normalized spacial score (nSPS) is 25.0. The minimum atomic E-state index is -0.343. The molecule has 1 aromatic heterocycles. The maximum absolute atomic E-state index is 12.3. The number of nitrogens with zero attached hydrogens (tertiary/aromatic N) is 4. The van der Waals surface area contributed by atoms with E-state index in [1.807, 2.05) is 0 Å². The Kier molecular flexibility index (Phi) is 4.34. The topological polar surface area (TPSA) is 88.8 Å². The van der Waals surface area contributed by atoms with Crippen LogP contribution in [0.2, 0.25) is 0 Å². The van der Waals surface area contributed by atoms with E-state index >= 15 is 0 Å². The van der Waals surface area contributed by atoms with Crippen molar-refractivity contribution in [2.24, 2.45) is 0 Å². The SMILES string of the molecule is CN(C)C(=O)c1nc(CN2CCC3(CCCO3)CCC2=O)no1. The highest BCUT2D eigenvalue weighted by atomic mass is 16.5. The number of hydrogen-bond acceptors (Lipinski definition) is 6. The van der Waals surface area contributed by atoms with E-state index in [1.54, 1.807) is 19.0 Å². The Morgan fingerprint density at radius 2 is 2.17 bits per heavy atom. The minimum absolute atomic E-state index is 0.0529. The summed E-state index contributed by atoms with van der Waals surface area (Å²) in [6, 6.07) is 0. The molecule has 0 aliphatic carbocycles. The van der Waals surface area contributed by atoms with E-state index in [2.05, 4.69) is 10.1 Å². The second-order valence-corrected chi connectivity index (χ2v) is 6.42. The Bertz CT molecular complexity index is 592. The second-order valence-electron chi connectivity index (χ2n) is 6.42. The maximum Gasteiger partial charge on any atom is 0.316 e. The lowest BCUT2D eigenvalue weighted by atomic mass is 9.92. The Balaban J connectivity index is 1.65. The van der Waals surface area contributed by atoms with Crippen LogP contribution >= 0.6 is 0 Å². The van der Waals surface area contributed by atoms with E-state index in [1.165, 1.54) is 4.90 Å². The smallest absolute Gasteiger partial charge is 0.316 e. The Morgan fingerprint density at radius 3 is 2.87 bits per heavy atom. The number of carbonyl (C=O) groups is 2. The molecule has 2 saturated heterocycles. The van der Waals surface area contributed by atoms with Gasteiger partial charge in [-0.15, -0.1) is 0 Å². The zero-order valence-electron chi connectivity index (χ0n) is 13.6. The van der Waals surface area contributed by atoms with Gasteiger partial charge in [0.15, 0.2) is 5.82 Å². The van der Waals surface area contributed by atoms with Crippen molar-refractivity contribution in [3.8, 4) is 0 Å². The molecule has 2 aliphatic rings. The first-order valence-corrected chi connectivity index (χ1v) is 7.95. The van der Waals surface area contributed by atoms with Crippen LogP contribution in [0.15, 0.2) is 4.52 Å². The first-order chi connectivity index (χ1) is 11.0. The largest absolute Gasteiger partial charge is 0.375 e. The summed E-state index contributed by atoms with van der Waals surface area (Å²) in [5.74, 6) is 0.0293. The van der Waals surface area contributed by atoms with E-state index in [4.69, 9.17) is 9.26 Å². The van der Waals surface area contributed by atoms with Gasteiger partial charge in [-0.3, -0.25) is 9.59 Å². The van der Waals surface area contributed by atoms with Gasteiger partial charge in [0.25, 0.3) is 0 Å². The second kappa shape index (κ2) is 6.27. The molecule has 3 rings (SSSR count). The van der Waals surface area contributed by atoms with Gasteiger partial charge in [0.2, 0.25) is 5.91 Å². The number of hydrogen-bond donors (Lipinski definition) is 0. The van der Waals surface area contributed by atoms with Crippen LogP contribution in [0.1, 0.15) is 48.6 Å². The van der Waals surface area contributed by atoms with Crippen molar-refractivity contribution in [2.45, 2.75) is 44.2 Å². The minimum Gasteiger partial charge on any atom is -0.375 e. The predicted octanol–water partition coefficient (Wildman–Crippen LogP) is 0.833. The Labute approximate surface area is 134 Å². The van der Waals surface area contributed by atoms with E-state index in [9.17, 15) is 9.59 Å². The molecule has 2 fully saturated rings. The molecule has 2 amide bonds. The molecule has 3 heterocycles. The van der Waals surface area contributed by atoms with Crippen LogP contribution in [0.4, 0.5) is 0 Å². The van der Waals surface area contributed by atoms with Gasteiger partial charge in [-0.25, -0.2) is 0 Å². The van der Waals surface area contributed by atoms with Gasteiger partial charge >= 0.3 is 11.8 Å². The Hall–Kier alpha value is -1.96. The highest BCUT2D eigenvalue weighted by Gasteiger charge is 2.38. The number of carbonyl (C=O) groups excluding carboxylic acids is 2. The Morgan fingerprint density at radius 1 is 1.35 bits per heavy atom. The zero-order valence-corrected chi connectivity index (χ0v) is 13.6. The van der Waals surface area contributed by atoms with Crippen LogP contribution < -0.4 is 0 Å². The summed E-state index contributed by atoms with van der Waals surface area (Å²) in [5.41, 5.74) is -0.131. The van der Waals surface area contributed by atoms with Gasteiger partial charge in [0, 0.05) is 33.7 Å². The standard InChI is InChI=1S/C15H22N4O4/c1-18(2)14(21)13-16-11(17-23-13)10-19-8-7-15(5-3-9-22-15)6-4-12(19)20/h3-10H2,1-2H3. The predicted molar refractivity (Wildman–Crippen MR) is 79.5 cm³/mol. The van der Waals surface area contributed by atoms with Crippen molar-refractivity contribution in [2.75, 3.05) is 27.2 Å². The van der Waals surface area contributed by atoms with Gasteiger partial charge in [-0.2, -0.15) is 4.98 Å². The molecular formula is C15H22N4O4. The molecule has 1 atom stereocenters. The summed E-state index contributed by atoms with van der Waals surface area (Å²) < 4.78 is 10.9. The third kappa shape index (κ3) is 3.36. The van der Waals surface area contributed by atoms with Crippen molar-refractivity contribution in [1.82, 2.24) is 19.9 Å². The van der Waals surface area contributed by atoms with Crippen molar-refractivity contribution >= 4 is 11.8 Å². The highest BCUT2D eigenvalue weighted by Crippen LogP contribution is 2.36. The molecule has 8 nitrogen and oxygen atoms in total. The van der Waals surface area contributed by atoms with Crippen LogP contribution in [-0.4, -0.2) is 64.6 Å². The fourth-order valence-electron chi connectivity index (χ4n) is 3.17. The van der Waals surface area contributed by atoms with Crippen molar-refractivity contribution in [1.29, 1.82) is 0 Å². The molecule has 0 bridgehead atoms. The van der Waals surface area contributed by atoms with Crippen LogP contribution in [-0.2, 0) is 16.1 Å². The summed E-state index contributed by atoms with van der Waals surface area (Å²) >= 11 is 0. The molecule has 8 heteroatoms. The summed E-state index contributed by atoms with van der Waals surface area (Å²) in [7, 11) is 3.23. The molecule has 23 heavy (non-hydrogen) atoms.